The second-order valence-electron chi connectivity index (χ2n) is 8.27. The highest BCUT2D eigenvalue weighted by molar-refractivity contribution is 6.10. The van der Waals surface area contributed by atoms with Crippen molar-refractivity contribution in [3.8, 4) is 0 Å². The number of amides is 2. The highest BCUT2D eigenvalue weighted by Crippen LogP contribution is 2.23. The molecular formula is C26H25N7O4. The standard InChI is InChI=1S/C26H23N7O3.H2O/c34-25(31-19-6-1-16(2-7-19)23-27-11-12-28-23)18-5-10-21(22(15-18)33-36)26(35)32-20-8-3-17(4-9-20)24-29-13-14-30-24;/h1-10,15H,11-14H2,(H,27,28)(H,29,30)(H,31,34)(H,32,35);1H2. The summed E-state index contributed by atoms with van der Waals surface area (Å²) in [6.45, 7) is 3.29. The van der Waals surface area contributed by atoms with Gasteiger partial charge in [0.25, 0.3) is 17.6 Å². The summed E-state index contributed by atoms with van der Waals surface area (Å²) >= 11 is 0. The molecular weight excluding hydrogens is 474 g/mol. The van der Waals surface area contributed by atoms with Crippen LogP contribution in [0.1, 0.15) is 31.8 Å². The van der Waals surface area contributed by atoms with E-state index in [1.807, 2.05) is 24.3 Å². The predicted molar refractivity (Wildman–Crippen MR) is 140 cm³/mol. The van der Waals surface area contributed by atoms with Gasteiger partial charge < -0.3 is 21.4 Å². The molecule has 2 amide bonds. The molecule has 11 nitrogen and oxygen atoms in total. The molecule has 0 aliphatic carbocycles. The summed E-state index contributed by atoms with van der Waals surface area (Å²) in [6, 6.07) is 18.8. The van der Waals surface area contributed by atoms with Gasteiger partial charge in [0.1, 0.15) is 24.6 Å². The lowest BCUT2D eigenvalue weighted by molar-refractivity contribution is -0.444. The lowest BCUT2D eigenvalue weighted by atomic mass is 10.1. The van der Waals surface area contributed by atoms with Crippen molar-refractivity contribution in [1.82, 2.24) is 10.6 Å². The van der Waals surface area contributed by atoms with Gasteiger partial charge in [-0.15, -0.1) is 4.91 Å². The Hall–Kier alpha value is -4.90. The number of hydrogen-bond donors (Lipinski definition) is 5. The molecule has 11 heteroatoms. The number of nitrogens with zero attached hydrogens (tertiary/aromatic N) is 2. The van der Waals surface area contributed by atoms with Gasteiger partial charge in [-0.1, -0.05) is 0 Å². The van der Waals surface area contributed by atoms with Crippen LogP contribution in [0.5, 0.6) is 0 Å². The minimum Gasteiger partial charge on any atom is -0.870 e. The first-order valence-electron chi connectivity index (χ1n) is 11.5. The number of carbonyl (C=O) groups excluding carboxylic acids is 2. The molecule has 2 aliphatic rings. The molecule has 3 aromatic rings. The Bertz CT molecular complexity index is 1380. The lowest BCUT2D eigenvalue weighted by Gasteiger charge is -2.10. The predicted octanol–water partition coefficient (Wildman–Crippen LogP) is 1.19. The molecule has 0 atom stereocenters. The van der Waals surface area contributed by atoms with Gasteiger partial charge in [-0.2, -0.15) is 0 Å². The molecule has 2 heterocycles. The quantitative estimate of drug-likeness (QED) is 0.306. The summed E-state index contributed by atoms with van der Waals surface area (Å²) in [5, 5.41) is 15.0. The van der Waals surface area contributed by atoms with E-state index >= 15 is 0 Å². The molecule has 3 aromatic carbocycles. The van der Waals surface area contributed by atoms with Crippen LogP contribution in [0.3, 0.4) is 0 Å². The zero-order chi connectivity index (χ0) is 24.9. The van der Waals surface area contributed by atoms with Crippen molar-refractivity contribution in [2.24, 2.45) is 10.2 Å². The Balaban J connectivity index is 0.00000320. The number of carbonyl (C=O) groups is 2. The third kappa shape index (κ3) is 5.68. The van der Waals surface area contributed by atoms with Crippen LogP contribution in [0.15, 0.2) is 76.9 Å². The first kappa shape index (κ1) is 25.2. The molecule has 37 heavy (non-hydrogen) atoms. The van der Waals surface area contributed by atoms with Crippen LogP contribution < -0.4 is 26.3 Å². The topological polar surface area (TPSA) is 168 Å². The largest absolute Gasteiger partial charge is 0.870 e. The number of nitroso groups, excluding NO2 is 1. The molecule has 188 valence electrons. The van der Waals surface area contributed by atoms with Gasteiger partial charge in [0, 0.05) is 29.0 Å². The van der Waals surface area contributed by atoms with Gasteiger partial charge in [0.15, 0.2) is 0 Å². The average molecular weight is 500 g/mol. The molecule has 0 saturated heterocycles. The minimum atomic E-state index is -0.497. The number of benzene rings is 3. The Labute approximate surface area is 212 Å². The Kier molecular flexibility index (Phi) is 7.65. The summed E-state index contributed by atoms with van der Waals surface area (Å²) < 4.78 is 0. The van der Waals surface area contributed by atoms with Gasteiger partial charge in [-0.05, 0) is 71.9 Å². The van der Waals surface area contributed by atoms with Gasteiger partial charge in [-0.25, -0.2) is 0 Å². The SMILES string of the molecule is O=Nc1cc(C(=O)Nc2ccc(C3=[NH+]CCN3)cc2)ccc1C(=O)Nc1ccc(C2=NCCN2)cc1.[OH-]. The van der Waals surface area contributed by atoms with E-state index in [2.05, 4.69) is 36.4 Å². The number of rotatable bonds is 7. The van der Waals surface area contributed by atoms with E-state index in [0.717, 1.165) is 49.0 Å². The minimum absolute atomic E-state index is 0. The second-order valence-corrected chi connectivity index (χ2v) is 8.27. The van der Waals surface area contributed by atoms with Crippen LogP contribution in [0.2, 0.25) is 0 Å². The Morgan fingerprint density at radius 1 is 0.838 bits per heavy atom. The number of amidine groups is 2. The summed E-state index contributed by atoms with van der Waals surface area (Å²) in [7, 11) is 0. The molecule has 0 fully saturated rings. The lowest BCUT2D eigenvalue weighted by Crippen LogP contribution is -2.70. The monoisotopic (exact) mass is 499 g/mol. The number of hydrogen-bond acceptors (Lipinski definition) is 8. The smallest absolute Gasteiger partial charge is 0.275 e. The Morgan fingerprint density at radius 2 is 1.51 bits per heavy atom. The van der Waals surface area contributed by atoms with Crippen LogP contribution >= 0.6 is 0 Å². The van der Waals surface area contributed by atoms with E-state index in [-0.39, 0.29) is 22.3 Å². The third-order valence-corrected chi connectivity index (χ3v) is 5.85. The molecule has 5 rings (SSSR count). The zero-order valence-corrected chi connectivity index (χ0v) is 19.7. The zero-order valence-electron chi connectivity index (χ0n) is 19.7. The summed E-state index contributed by atoms with van der Waals surface area (Å²) in [6.07, 6.45) is 0. The maximum absolute atomic E-state index is 12.8. The highest BCUT2D eigenvalue weighted by atomic mass is 16.3. The van der Waals surface area contributed by atoms with Crippen molar-refractivity contribution in [1.29, 1.82) is 0 Å². The van der Waals surface area contributed by atoms with E-state index in [1.165, 1.54) is 18.2 Å². The molecule has 0 radical (unpaired) electrons. The fourth-order valence-corrected chi connectivity index (χ4v) is 4.01. The van der Waals surface area contributed by atoms with Crippen molar-refractivity contribution in [3.05, 3.63) is 93.9 Å². The van der Waals surface area contributed by atoms with Gasteiger partial charge in [-0.3, -0.25) is 24.9 Å². The Morgan fingerprint density at radius 3 is 2.11 bits per heavy atom. The van der Waals surface area contributed by atoms with Gasteiger partial charge in [0.2, 0.25) is 0 Å². The normalized spacial score (nSPS) is 13.8. The van der Waals surface area contributed by atoms with Crippen LogP contribution in [-0.4, -0.2) is 55.1 Å². The van der Waals surface area contributed by atoms with E-state index in [0.29, 0.717) is 11.4 Å². The summed E-state index contributed by atoms with van der Waals surface area (Å²) in [4.78, 5) is 44.6. The third-order valence-electron chi connectivity index (χ3n) is 5.85. The first-order valence-corrected chi connectivity index (χ1v) is 11.5. The molecule has 0 unspecified atom stereocenters. The van der Waals surface area contributed by atoms with Gasteiger partial charge >= 0.3 is 0 Å². The molecule has 0 spiro atoms. The van der Waals surface area contributed by atoms with Crippen molar-refractivity contribution in [2.75, 3.05) is 36.8 Å². The second kappa shape index (κ2) is 11.2. The summed E-state index contributed by atoms with van der Waals surface area (Å²) in [5.41, 5.74) is 3.26. The number of nitrogens with one attached hydrogen (secondary N) is 5. The van der Waals surface area contributed by atoms with E-state index < -0.39 is 11.8 Å². The first-order chi connectivity index (χ1) is 17.6. The van der Waals surface area contributed by atoms with Crippen LogP contribution in [0, 0.1) is 4.91 Å². The molecule has 2 aliphatic heterocycles. The van der Waals surface area contributed by atoms with E-state index in [1.54, 1.807) is 24.3 Å². The fraction of sp³-hybridized carbons (Fsp3) is 0.154. The van der Waals surface area contributed by atoms with E-state index in [9.17, 15) is 14.5 Å². The molecule has 6 N–H and O–H groups in total. The molecule has 0 bridgehead atoms. The van der Waals surface area contributed by atoms with Crippen molar-refractivity contribution >= 4 is 40.5 Å². The molecule has 0 aromatic heterocycles. The van der Waals surface area contributed by atoms with Crippen LogP contribution in [0.4, 0.5) is 17.1 Å². The maximum atomic E-state index is 12.8. The van der Waals surface area contributed by atoms with Crippen LogP contribution in [-0.2, 0) is 0 Å². The van der Waals surface area contributed by atoms with Crippen molar-refractivity contribution in [2.45, 2.75) is 0 Å². The highest BCUT2D eigenvalue weighted by Gasteiger charge is 2.18. The van der Waals surface area contributed by atoms with Gasteiger partial charge in [0.05, 0.1) is 17.7 Å². The van der Waals surface area contributed by atoms with E-state index in [4.69, 9.17) is 0 Å². The fourth-order valence-electron chi connectivity index (χ4n) is 4.01. The summed E-state index contributed by atoms with van der Waals surface area (Å²) in [5.74, 6) is 0.873. The van der Waals surface area contributed by atoms with Crippen molar-refractivity contribution < 1.29 is 20.1 Å². The van der Waals surface area contributed by atoms with Crippen LogP contribution in [0.25, 0.3) is 0 Å². The number of anilines is 2. The number of aliphatic imine (C=N–C) groups is 1. The molecule has 0 saturated carbocycles. The average Bonchev–Trinajstić information content (AvgIpc) is 3.64. The van der Waals surface area contributed by atoms with Crippen molar-refractivity contribution in [3.63, 3.8) is 0 Å². The maximum Gasteiger partial charge on any atom is 0.275 e.